The second-order valence-electron chi connectivity index (χ2n) is 4.10. The minimum Gasteiger partial charge on any atom is -0.487 e. The van der Waals surface area contributed by atoms with Gasteiger partial charge in [0.25, 0.3) is 0 Å². The maximum absolute atomic E-state index is 9.22. The second kappa shape index (κ2) is 6.75. The third-order valence-corrected chi connectivity index (χ3v) is 2.68. The first-order valence-corrected chi connectivity index (χ1v) is 6.35. The van der Waals surface area contributed by atoms with Crippen molar-refractivity contribution in [3.8, 4) is 5.75 Å². The maximum Gasteiger partial charge on any atom is 0.130 e. The van der Waals surface area contributed by atoms with Gasteiger partial charge in [-0.1, -0.05) is 24.3 Å². The van der Waals surface area contributed by atoms with Crippen LogP contribution in [0.3, 0.4) is 0 Å². The Morgan fingerprint density at radius 1 is 1.16 bits per heavy atom. The minimum absolute atomic E-state index is 0.0268. The standard InChI is InChI=1S/C15H18N2O2/c1-2-16-15-9-5-7-13(17-15)11-19-14-8-4-3-6-12(14)10-18/h3-9,18H,2,10-11H2,1H3,(H,16,17). The second-order valence-corrected chi connectivity index (χ2v) is 4.10. The predicted octanol–water partition coefficient (Wildman–Crippen LogP) is 2.58. The summed E-state index contributed by atoms with van der Waals surface area (Å²) in [5.41, 5.74) is 1.64. The topological polar surface area (TPSA) is 54.4 Å². The molecule has 0 aliphatic carbocycles. The number of nitrogens with zero attached hydrogens (tertiary/aromatic N) is 1. The Kier molecular flexibility index (Phi) is 4.75. The number of aromatic nitrogens is 1. The molecular weight excluding hydrogens is 240 g/mol. The molecule has 0 atom stereocenters. The Morgan fingerprint density at radius 2 is 2.00 bits per heavy atom. The van der Waals surface area contributed by atoms with Crippen molar-refractivity contribution in [1.29, 1.82) is 0 Å². The number of benzene rings is 1. The van der Waals surface area contributed by atoms with Gasteiger partial charge < -0.3 is 15.2 Å². The number of aliphatic hydroxyl groups excluding tert-OH is 1. The Labute approximate surface area is 113 Å². The van der Waals surface area contributed by atoms with E-state index in [1.54, 1.807) is 0 Å². The molecule has 1 heterocycles. The zero-order valence-corrected chi connectivity index (χ0v) is 11.0. The number of ether oxygens (including phenoxy) is 1. The van der Waals surface area contributed by atoms with Crippen LogP contribution in [0.15, 0.2) is 42.5 Å². The molecule has 0 saturated carbocycles. The average Bonchev–Trinajstić information content (AvgIpc) is 2.46. The van der Waals surface area contributed by atoms with Crippen molar-refractivity contribution in [1.82, 2.24) is 4.98 Å². The predicted molar refractivity (Wildman–Crippen MR) is 75.1 cm³/mol. The van der Waals surface area contributed by atoms with Crippen LogP contribution in [0.25, 0.3) is 0 Å². The maximum atomic E-state index is 9.22. The van der Waals surface area contributed by atoms with Crippen molar-refractivity contribution in [3.05, 3.63) is 53.7 Å². The van der Waals surface area contributed by atoms with Crippen molar-refractivity contribution in [2.75, 3.05) is 11.9 Å². The molecule has 0 aliphatic heterocycles. The van der Waals surface area contributed by atoms with Gasteiger partial charge in [-0.2, -0.15) is 0 Å². The molecule has 100 valence electrons. The molecule has 0 saturated heterocycles. The number of aliphatic hydroxyl groups is 1. The third kappa shape index (κ3) is 3.69. The molecule has 0 spiro atoms. The highest BCUT2D eigenvalue weighted by atomic mass is 16.5. The van der Waals surface area contributed by atoms with E-state index in [2.05, 4.69) is 10.3 Å². The lowest BCUT2D eigenvalue weighted by molar-refractivity contribution is 0.257. The number of pyridine rings is 1. The zero-order chi connectivity index (χ0) is 13.5. The van der Waals surface area contributed by atoms with E-state index in [1.165, 1.54) is 0 Å². The van der Waals surface area contributed by atoms with E-state index in [4.69, 9.17) is 4.74 Å². The molecule has 0 bridgehead atoms. The summed E-state index contributed by atoms with van der Waals surface area (Å²) < 4.78 is 5.70. The quantitative estimate of drug-likeness (QED) is 0.836. The summed E-state index contributed by atoms with van der Waals surface area (Å²) in [6, 6.07) is 13.2. The molecule has 19 heavy (non-hydrogen) atoms. The van der Waals surface area contributed by atoms with E-state index in [1.807, 2.05) is 49.4 Å². The van der Waals surface area contributed by atoms with Crippen molar-refractivity contribution >= 4 is 5.82 Å². The van der Waals surface area contributed by atoms with Crippen LogP contribution in [0.1, 0.15) is 18.2 Å². The molecule has 2 rings (SSSR count). The van der Waals surface area contributed by atoms with Gasteiger partial charge in [-0.15, -0.1) is 0 Å². The normalized spacial score (nSPS) is 10.2. The molecule has 4 nitrogen and oxygen atoms in total. The molecular formula is C15H18N2O2. The molecule has 0 amide bonds. The molecule has 2 N–H and O–H groups in total. The summed E-state index contributed by atoms with van der Waals surface area (Å²) in [7, 11) is 0. The molecule has 1 aromatic carbocycles. The average molecular weight is 258 g/mol. The van der Waals surface area contributed by atoms with Crippen LogP contribution in [0.2, 0.25) is 0 Å². The smallest absolute Gasteiger partial charge is 0.130 e. The van der Waals surface area contributed by atoms with Crippen LogP contribution in [-0.2, 0) is 13.2 Å². The van der Waals surface area contributed by atoms with E-state index < -0.39 is 0 Å². The van der Waals surface area contributed by atoms with Gasteiger partial charge in [-0.3, -0.25) is 0 Å². The largest absolute Gasteiger partial charge is 0.487 e. The fourth-order valence-corrected chi connectivity index (χ4v) is 1.77. The van der Waals surface area contributed by atoms with Crippen LogP contribution < -0.4 is 10.1 Å². The highest BCUT2D eigenvalue weighted by Gasteiger charge is 2.03. The highest BCUT2D eigenvalue weighted by molar-refractivity contribution is 5.35. The molecule has 4 heteroatoms. The Hall–Kier alpha value is -2.07. The van der Waals surface area contributed by atoms with Gasteiger partial charge in [0.05, 0.1) is 12.3 Å². The Bertz CT molecular complexity index is 529. The van der Waals surface area contributed by atoms with Gasteiger partial charge in [-0.25, -0.2) is 4.98 Å². The van der Waals surface area contributed by atoms with E-state index >= 15 is 0 Å². The Balaban J connectivity index is 2.03. The van der Waals surface area contributed by atoms with Crippen molar-refractivity contribution in [2.45, 2.75) is 20.1 Å². The summed E-state index contributed by atoms with van der Waals surface area (Å²) >= 11 is 0. The molecule has 2 aromatic rings. The summed E-state index contributed by atoms with van der Waals surface area (Å²) in [5, 5.41) is 12.4. The monoisotopic (exact) mass is 258 g/mol. The van der Waals surface area contributed by atoms with Gasteiger partial charge >= 0.3 is 0 Å². The SMILES string of the molecule is CCNc1cccc(COc2ccccc2CO)n1. The minimum atomic E-state index is -0.0268. The number of para-hydroxylation sites is 1. The first-order valence-electron chi connectivity index (χ1n) is 6.35. The van der Waals surface area contributed by atoms with E-state index in [0.717, 1.165) is 23.6 Å². The first kappa shape index (κ1) is 13.4. The summed E-state index contributed by atoms with van der Waals surface area (Å²) in [6.07, 6.45) is 0. The van der Waals surface area contributed by atoms with Crippen LogP contribution in [0, 0.1) is 0 Å². The van der Waals surface area contributed by atoms with Gasteiger partial charge in [0.15, 0.2) is 0 Å². The molecule has 0 radical (unpaired) electrons. The number of anilines is 1. The lowest BCUT2D eigenvalue weighted by Gasteiger charge is -2.10. The summed E-state index contributed by atoms with van der Waals surface area (Å²) in [5.74, 6) is 1.54. The fraction of sp³-hybridized carbons (Fsp3) is 0.267. The first-order chi connectivity index (χ1) is 9.33. The molecule has 0 aliphatic rings. The van der Waals surface area contributed by atoms with E-state index in [0.29, 0.717) is 12.4 Å². The molecule has 0 unspecified atom stereocenters. The van der Waals surface area contributed by atoms with Gasteiger partial charge in [-0.05, 0) is 25.1 Å². The van der Waals surface area contributed by atoms with Crippen LogP contribution in [0.5, 0.6) is 5.75 Å². The van der Waals surface area contributed by atoms with Crippen molar-refractivity contribution in [3.63, 3.8) is 0 Å². The fourth-order valence-electron chi connectivity index (χ4n) is 1.77. The highest BCUT2D eigenvalue weighted by Crippen LogP contribution is 2.19. The number of rotatable bonds is 6. The van der Waals surface area contributed by atoms with Crippen molar-refractivity contribution in [2.24, 2.45) is 0 Å². The van der Waals surface area contributed by atoms with Gasteiger partial charge in [0.2, 0.25) is 0 Å². The van der Waals surface area contributed by atoms with Gasteiger partial charge in [0.1, 0.15) is 18.2 Å². The van der Waals surface area contributed by atoms with Gasteiger partial charge in [0, 0.05) is 12.1 Å². The lowest BCUT2D eigenvalue weighted by Crippen LogP contribution is -2.04. The number of hydrogen-bond acceptors (Lipinski definition) is 4. The molecule has 0 fully saturated rings. The van der Waals surface area contributed by atoms with E-state index in [9.17, 15) is 5.11 Å². The number of nitrogens with one attached hydrogen (secondary N) is 1. The van der Waals surface area contributed by atoms with Crippen LogP contribution in [0.4, 0.5) is 5.82 Å². The van der Waals surface area contributed by atoms with Crippen molar-refractivity contribution < 1.29 is 9.84 Å². The lowest BCUT2D eigenvalue weighted by atomic mass is 10.2. The summed E-state index contributed by atoms with van der Waals surface area (Å²) in [4.78, 5) is 4.43. The van der Waals surface area contributed by atoms with E-state index in [-0.39, 0.29) is 6.61 Å². The zero-order valence-electron chi connectivity index (χ0n) is 11.0. The molecule has 1 aromatic heterocycles. The third-order valence-electron chi connectivity index (χ3n) is 2.68. The Morgan fingerprint density at radius 3 is 2.79 bits per heavy atom. The van der Waals surface area contributed by atoms with Crippen LogP contribution in [-0.4, -0.2) is 16.6 Å². The summed E-state index contributed by atoms with van der Waals surface area (Å²) in [6.45, 7) is 3.23. The number of hydrogen-bond donors (Lipinski definition) is 2. The van der Waals surface area contributed by atoms with Crippen LogP contribution >= 0.6 is 0 Å².